The number of nitrogens with zero attached hydrogens (tertiary/aromatic N) is 2. The second kappa shape index (κ2) is 5.07. The number of likely N-dealkylation sites (tertiary alicyclic amines) is 1. The Balaban J connectivity index is 2.19. The second-order valence-corrected chi connectivity index (χ2v) is 4.24. The van der Waals surface area contributed by atoms with Gasteiger partial charge in [-0.05, 0) is 13.1 Å². The highest BCUT2D eigenvalue weighted by atomic mass is 16.5. The summed E-state index contributed by atoms with van der Waals surface area (Å²) in [6, 6.07) is 7.79. The van der Waals surface area contributed by atoms with Gasteiger partial charge in [-0.3, -0.25) is 4.90 Å². The second-order valence-electron chi connectivity index (χ2n) is 4.24. The molecule has 2 rings (SSSR count). The number of rotatable bonds is 4. The van der Waals surface area contributed by atoms with Gasteiger partial charge < -0.3 is 9.47 Å². The molecule has 1 aromatic rings. The van der Waals surface area contributed by atoms with Crippen molar-refractivity contribution in [1.82, 2.24) is 4.90 Å². The lowest BCUT2D eigenvalue weighted by Crippen LogP contribution is -2.51. The molecule has 0 N–H and O–H groups in total. The molecule has 1 aliphatic rings. The molecule has 1 heterocycles. The number of hydrogen-bond donors (Lipinski definition) is 0. The van der Waals surface area contributed by atoms with Crippen LogP contribution in [0.1, 0.15) is 5.56 Å². The molecule has 0 aromatic heterocycles. The normalized spacial score (nSPS) is 16.1. The van der Waals surface area contributed by atoms with Gasteiger partial charge in [0.05, 0.1) is 19.6 Å². The van der Waals surface area contributed by atoms with Gasteiger partial charge in [0, 0.05) is 18.7 Å². The van der Waals surface area contributed by atoms with Crippen LogP contribution in [-0.4, -0.2) is 38.3 Å². The molecule has 1 aliphatic heterocycles. The third-order valence-corrected chi connectivity index (χ3v) is 2.87. The van der Waals surface area contributed by atoms with E-state index in [4.69, 9.17) is 14.7 Å². The summed E-state index contributed by atoms with van der Waals surface area (Å²) in [5.41, 5.74) is 0.890. The zero-order valence-corrected chi connectivity index (χ0v) is 10.1. The lowest BCUT2D eigenvalue weighted by atomic mass is 10.1. The summed E-state index contributed by atoms with van der Waals surface area (Å²) >= 11 is 0. The summed E-state index contributed by atoms with van der Waals surface area (Å²) < 4.78 is 11.2. The maximum Gasteiger partial charge on any atom is 0.165 e. The Morgan fingerprint density at radius 3 is 2.82 bits per heavy atom. The predicted octanol–water partition coefficient (Wildman–Crippen LogP) is 1.45. The van der Waals surface area contributed by atoms with Gasteiger partial charge in [0.15, 0.2) is 11.5 Å². The molecule has 0 atom stereocenters. The molecule has 0 radical (unpaired) electrons. The first kappa shape index (κ1) is 11.7. The van der Waals surface area contributed by atoms with Crippen LogP contribution in [0.25, 0.3) is 0 Å². The summed E-state index contributed by atoms with van der Waals surface area (Å²) in [5, 5.41) is 8.80. The van der Waals surface area contributed by atoms with Crippen molar-refractivity contribution in [3.05, 3.63) is 23.8 Å². The minimum absolute atomic E-state index is 0.203. The first-order chi connectivity index (χ1) is 8.24. The number of hydrogen-bond acceptors (Lipinski definition) is 4. The first-order valence-electron chi connectivity index (χ1n) is 5.62. The zero-order valence-electron chi connectivity index (χ0n) is 10.1. The van der Waals surface area contributed by atoms with Crippen LogP contribution in [0, 0.1) is 11.3 Å². The Morgan fingerprint density at radius 1 is 1.47 bits per heavy atom. The number of benzene rings is 1. The Bertz CT molecular complexity index is 434. The smallest absolute Gasteiger partial charge is 0.165 e. The van der Waals surface area contributed by atoms with Crippen LogP contribution in [0.15, 0.2) is 18.2 Å². The van der Waals surface area contributed by atoms with Crippen molar-refractivity contribution in [3.8, 4) is 17.6 Å². The van der Waals surface area contributed by atoms with Gasteiger partial charge in [-0.15, -0.1) is 0 Å². The van der Waals surface area contributed by atoms with Crippen molar-refractivity contribution in [2.75, 3.05) is 27.2 Å². The number of methoxy groups -OCH3 is 1. The van der Waals surface area contributed by atoms with Crippen LogP contribution in [0.3, 0.4) is 0 Å². The minimum Gasteiger partial charge on any atom is -0.493 e. The Labute approximate surface area is 101 Å². The fourth-order valence-corrected chi connectivity index (χ4v) is 1.96. The molecular formula is C13H16N2O2. The zero-order chi connectivity index (χ0) is 12.3. The molecule has 0 aliphatic carbocycles. The van der Waals surface area contributed by atoms with E-state index in [9.17, 15) is 0 Å². The highest BCUT2D eigenvalue weighted by molar-refractivity contribution is 5.47. The van der Waals surface area contributed by atoms with Gasteiger partial charge in [-0.2, -0.15) is 5.26 Å². The van der Waals surface area contributed by atoms with E-state index in [0.717, 1.165) is 24.4 Å². The third-order valence-electron chi connectivity index (χ3n) is 2.87. The van der Waals surface area contributed by atoms with Crippen molar-refractivity contribution >= 4 is 0 Å². The van der Waals surface area contributed by atoms with Gasteiger partial charge in [0.2, 0.25) is 0 Å². The fraction of sp³-hybridized carbons (Fsp3) is 0.462. The molecule has 0 unspecified atom stereocenters. The van der Waals surface area contributed by atoms with Gasteiger partial charge in [-0.25, -0.2) is 0 Å². The summed E-state index contributed by atoms with van der Waals surface area (Å²) in [4.78, 5) is 2.18. The van der Waals surface area contributed by atoms with E-state index in [-0.39, 0.29) is 6.10 Å². The van der Waals surface area contributed by atoms with Crippen LogP contribution in [0.5, 0.6) is 11.5 Å². The number of para-hydroxylation sites is 1. The maximum absolute atomic E-state index is 8.80. The van der Waals surface area contributed by atoms with E-state index in [0.29, 0.717) is 12.2 Å². The summed E-state index contributed by atoms with van der Waals surface area (Å²) in [6.07, 6.45) is 0.545. The highest BCUT2D eigenvalue weighted by Gasteiger charge is 2.26. The Kier molecular flexibility index (Phi) is 3.50. The molecule has 90 valence electrons. The lowest BCUT2D eigenvalue weighted by molar-refractivity contribution is 0.0363. The van der Waals surface area contributed by atoms with E-state index in [2.05, 4.69) is 18.0 Å². The van der Waals surface area contributed by atoms with Gasteiger partial charge in [0.25, 0.3) is 0 Å². The van der Waals surface area contributed by atoms with Crippen LogP contribution < -0.4 is 9.47 Å². The SMILES string of the molecule is COc1cccc(CC#N)c1OC1CN(C)C1. The average Bonchev–Trinajstić information content (AvgIpc) is 2.29. The number of ether oxygens (including phenoxy) is 2. The maximum atomic E-state index is 8.80. The number of likely N-dealkylation sites (N-methyl/N-ethyl adjacent to an activating group) is 1. The van der Waals surface area contributed by atoms with Crippen LogP contribution in [-0.2, 0) is 6.42 Å². The van der Waals surface area contributed by atoms with E-state index in [1.54, 1.807) is 7.11 Å². The third kappa shape index (κ3) is 2.51. The summed E-state index contributed by atoms with van der Waals surface area (Å²) in [5.74, 6) is 1.42. The van der Waals surface area contributed by atoms with Crippen LogP contribution in [0.2, 0.25) is 0 Å². The lowest BCUT2D eigenvalue weighted by Gasteiger charge is -2.36. The molecule has 4 nitrogen and oxygen atoms in total. The van der Waals surface area contributed by atoms with E-state index in [1.165, 1.54) is 0 Å². The molecule has 0 amide bonds. The molecule has 1 fully saturated rings. The summed E-state index contributed by atoms with van der Waals surface area (Å²) in [7, 11) is 3.67. The van der Waals surface area contributed by atoms with Crippen molar-refractivity contribution in [2.45, 2.75) is 12.5 Å². The first-order valence-corrected chi connectivity index (χ1v) is 5.62. The number of nitriles is 1. The summed E-state index contributed by atoms with van der Waals surface area (Å²) in [6.45, 7) is 1.84. The monoisotopic (exact) mass is 232 g/mol. The molecule has 1 saturated heterocycles. The van der Waals surface area contributed by atoms with Crippen molar-refractivity contribution < 1.29 is 9.47 Å². The molecule has 1 aromatic carbocycles. The van der Waals surface area contributed by atoms with Gasteiger partial charge >= 0.3 is 0 Å². The van der Waals surface area contributed by atoms with Crippen LogP contribution in [0.4, 0.5) is 0 Å². The largest absolute Gasteiger partial charge is 0.493 e. The Hall–Kier alpha value is -1.73. The van der Waals surface area contributed by atoms with E-state index < -0.39 is 0 Å². The minimum atomic E-state index is 0.203. The molecule has 0 bridgehead atoms. The van der Waals surface area contributed by atoms with E-state index >= 15 is 0 Å². The Morgan fingerprint density at radius 2 is 2.24 bits per heavy atom. The quantitative estimate of drug-likeness (QED) is 0.788. The fourth-order valence-electron chi connectivity index (χ4n) is 1.96. The highest BCUT2D eigenvalue weighted by Crippen LogP contribution is 2.33. The van der Waals surface area contributed by atoms with Gasteiger partial charge in [-0.1, -0.05) is 12.1 Å². The van der Waals surface area contributed by atoms with Crippen molar-refractivity contribution in [2.24, 2.45) is 0 Å². The molecule has 0 saturated carbocycles. The van der Waals surface area contributed by atoms with Crippen molar-refractivity contribution in [1.29, 1.82) is 5.26 Å². The standard InChI is InChI=1S/C13H16N2O2/c1-15-8-11(9-15)17-13-10(6-7-14)4-3-5-12(13)16-2/h3-5,11H,6,8-9H2,1-2H3. The molecular weight excluding hydrogens is 216 g/mol. The topological polar surface area (TPSA) is 45.5 Å². The molecule has 17 heavy (non-hydrogen) atoms. The average molecular weight is 232 g/mol. The van der Waals surface area contributed by atoms with Crippen molar-refractivity contribution in [3.63, 3.8) is 0 Å². The predicted molar refractivity (Wildman–Crippen MR) is 64.2 cm³/mol. The van der Waals surface area contributed by atoms with Crippen LogP contribution >= 0.6 is 0 Å². The molecule has 4 heteroatoms. The van der Waals surface area contributed by atoms with E-state index in [1.807, 2.05) is 18.2 Å². The van der Waals surface area contributed by atoms with Gasteiger partial charge in [0.1, 0.15) is 6.10 Å². The molecule has 0 spiro atoms.